The second-order valence-corrected chi connectivity index (χ2v) is 5.51. The predicted octanol–water partition coefficient (Wildman–Crippen LogP) is 3.06. The molecule has 0 amide bonds. The van der Waals surface area contributed by atoms with Gasteiger partial charge in [-0.05, 0) is 30.7 Å². The molecule has 0 radical (unpaired) electrons. The topological polar surface area (TPSA) is 33.1 Å². The number of rotatable bonds is 7. The van der Waals surface area contributed by atoms with Gasteiger partial charge in [0.2, 0.25) is 0 Å². The molecule has 0 bridgehead atoms. The molecule has 0 spiro atoms. The summed E-state index contributed by atoms with van der Waals surface area (Å²) in [6, 6.07) is 8.92. The van der Waals surface area contributed by atoms with Crippen LogP contribution in [0.5, 0.6) is 0 Å². The van der Waals surface area contributed by atoms with Crippen LogP contribution < -0.4 is 10.2 Å². The van der Waals surface area contributed by atoms with Crippen molar-refractivity contribution in [3.63, 3.8) is 0 Å². The molecular weight excluding hydrogens is 260 g/mol. The van der Waals surface area contributed by atoms with Crippen molar-refractivity contribution < 1.29 is 0 Å². The lowest BCUT2D eigenvalue weighted by atomic mass is 10.0. The van der Waals surface area contributed by atoms with Crippen LogP contribution in [0.4, 0.5) is 5.69 Å². The maximum absolute atomic E-state index is 4.45. The van der Waals surface area contributed by atoms with E-state index in [1.807, 2.05) is 10.9 Å². The highest BCUT2D eigenvalue weighted by Gasteiger charge is 2.15. The van der Waals surface area contributed by atoms with Crippen molar-refractivity contribution in [1.29, 1.82) is 0 Å². The van der Waals surface area contributed by atoms with Crippen molar-refractivity contribution in [1.82, 2.24) is 15.1 Å². The van der Waals surface area contributed by atoms with Crippen molar-refractivity contribution in [2.24, 2.45) is 0 Å². The van der Waals surface area contributed by atoms with Crippen LogP contribution in [0.1, 0.15) is 37.4 Å². The SMILES string of the molecule is CCCn1cc(C(NCC)c2ccc(N(C)C)cc2)cn1. The fraction of sp³-hybridized carbons (Fsp3) is 0.471. The lowest BCUT2D eigenvalue weighted by Crippen LogP contribution is -2.21. The highest BCUT2D eigenvalue weighted by atomic mass is 15.3. The first-order valence-electron chi connectivity index (χ1n) is 7.68. The Bertz CT molecular complexity index is 542. The summed E-state index contributed by atoms with van der Waals surface area (Å²) in [6.45, 7) is 6.21. The summed E-state index contributed by atoms with van der Waals surface area (Å²) in [5.41, 5.74) is 3.72. The summed E-state index contributed by atoms with van der Waals surface area (Å²) in [6.07, 6.45) is 5.23. The minimum atomic E-state index is 0.205. The third kappa shape index (κ3) is 3.85. The molecule has 4 nitrogen and oxygen atoms in total. The molecule has 0 saturated carbocycles. The van der Waals surface area contributed by atoms with Crippen LogP contribution in [0, 0.1) is 0 Å². The second-order valence-electron chi connectivity index (χ2n) is 5.51. The largest absolute Gasteiger partial charge is 0.378 e. The summed E-state index contributed by atoms with van der Waals surface area (Å²) >= 11 is 0. The van der Waals surface area contributed by atoms with Crippen LogP contribution in [-0.4, -0.2) is 30.4 Å². The third-order valence-electron chi connectivity index (χ3n) is 3.59. The lowest BCUT2D eigenvalue weighted by molar-refractivity contribution is 0.597. The molecule has 1 heterocycles. The number of hydrogen-bond acceptors (Lipinski definition) is 3. The number of aryl methyl sites for hydroxylation is 1. The lowest BCUT2D eigenvalue weighted by Gasteiger charge is -2.19. The van der Waals surface area contributed by atoms with E-state index in [1.54, 1.807) is 0 Å². The Morgan fingerprint density at radius 3 is 2.43 bits per heavy atom. The smallest absolute Gasteiger partial charge is 0.0607 e. The van der Waals surface area contributed by atoms with Gasteiger partial charge in [0.25, 0.3) is 0 Å². The van der Waals surface area contributed by atoms with E-state index in [4.69, 9.17) is 0 Å². The van der Waals surface area contributed by atoms with Crippen molar-refractivity contribution in [3.05, 3.63) is 47.8 Å². The zero-order chi connectivity index (χ0) is 15.2. The predicted molar refractivity (Wildman–Crippen MR) is 88.8 cm³/mol. The molecule has 0 aliphatic carbocycles. The molecule has 114 valence electrons. The summed E-state index contributed by atoms with van der Waals surface area (Å²) in [5.74, 6) is 0. The molecule has 0 fully saturated rings. The molecule has 1 unspecified atom stereocenters. The maximum atomic E-state index is 4.45. The van der Waals surface area contributed by atoms with Gasteiger partial charge in [-0.3, -0.25) is 4.68 Å². The maximum Gasteiger partial charge on any atom is 0.0607 e. The molecule has 0 aliphatic heterocycles. The van der Waals surface area contributed by atoms with Crippen molar-refractivity contribution >= 4 is 5.69 Å². The van der Waals surface area contributed by atoms with E-state index in [2.05, 4.69) is 73.7 Å². The van der Waals surface area contributed by atoms with Gasteiger partial charge in [0.05, 0.1) is 12.2 Å². The molecule has 1 aromatic carbocycles. The van der Waals surface area contributed by atoms with Gasteiger partial charge in [0, 0.05) is 38.1 Å². The van der Waals surface area contributed by atoms with Gasteiger partial charge in [-0.25, -0.2) is 0 Å². The highest BCUT2D eigenvalue weighted by Crippen LogP contribution is 2.24. The van der Waals surface area contributed by atoms with Crippen molar-refractivity contribution in [3.8, 4) is 0 Å². The van der Waals surface area contributed by atoms with E-state index in [9.17, 15) is 0 Å². The molecule has 2 rings (SSSR count). The van der Waals surface area contributed by atoms with Crippen LogP contribution in [0.15, 0.2) is 36.7 Å². The van der Waals surface area contributed by atoms with E-state index in [-0.39, 0.29) is 6.04 Å². The molecule has 4 heteroatoms. The van der Waals surface area contributed by atoms with Gasteiger partial charge in [-0.1, -0.05) is 26.0 Å². The monoisotopic (exact) mass is 286 g/mol. The van der Waals surface area contributed by atoms with Gasteiger partial charge in [-0.2, -0.15) is 5.10 Å². The summed E-state index contributed by atoms with van der Waals surface area (Å²) in [7, 11) is 4.12. The molecule has 1 aromatic heterocycles. The average molecular weight is 286 g/mol. The molecule has 21 heavy (non-hydrogen) atoms. The van der Waals surface area contributed by atoms with Gasteiger partial charge in [-0.15, -0.1) is 0 Å². The van der Waals surface area contributed by atoms with Crippen LogP contribution >= 0.6 is 0 Å². The van der Waals surface area contributed by atoms with Crippen LogP contribution in [0.3, 0.4) is 0 Å². The van der Waals surface area contributed by atoms with Crippen molar-refractivity contribution in [2.75, 3.05) is 25.5 Å². The number of anilines is 1. The fourth-order valence-electron chi connectivity index (χ4n) is 2.48. The minimum Gasteiger partial charge on any atom is -0.378 e. The molecule has 0 saturated heterocycles. The summed E-state index contributed by atoms with van der Waals surface area (Å²) in [5, 5.41) is 8.00. The normalized spacial score (nSPS) is 12.4. The molecule has 0 aliphatic rings. The zero-order valence-corrected chi connectivity index (χ0v) is 13.5. The molecule has 1 atom stereocenters. The van der Waals surface area contributed by atoms with Crippen LogP contribution in [0.2, 0.25) is 0 Å². The molecule has 1 N–H and O–H groups in total. The third-order valence-corrected chi connectivity index (χ3v) is 3.59. The van der Waals surface area contributed by atoms with Gasteiger partial charge < -0.3 is 10.2 Å². The Kier molecular flexibility index (Phi) is 5.39. The Morgan fingerprint density at radius 1 is 1.14 bits per heavy atom. The Morgan fingerprint density at radius 2 is 1.86 bits per heavy atom. The van der Waals surface area contributed by atoms with E-state index < -0.39 is 0 Å². The number of aromatic nitrogens is 2. The van der Waals surface area contributed by atoms with E-state index in [1.165, 1.54) is 16.8 Å². The summed E-state index contributed by atoms with van der Waals surface area (Å²) in [4.78, 5) is 2.12. The zero-order valence-electron chi connectivity index (χ0n) is 13.5. The van der Waals surface area contributed by atoms with Gasteiger partial charge in [0.1, 0.15) is 0 Å². The molecular formula is C17H26N4. The van der Waals surface area contributed by atoms with Gasteiger partial charge in [0.15, 0.2) is 0 Å². The quantitative estimate of drug-likeness (QED) is 0.849. The van der Waals surface area contributed by atoms with Gasteiger partial charge >= 0.3 is 0 Å². The average Bonchev–Trinajstić information content (AvgIpc) is 2.93. The number of nitrogens with one attached hydrogen (secondary N) is 1. The van der Waals surface area contributed by atoms with Crippen molar-refractivity contribution in [2.45, 2.75) is 32.9 Å². The number of hydrogen-bond donors (Lipinski definition) is 1. The standard InChI is InChI=1S/C17H26N4/c1-5-11-21-13-15(12-19-21)17(18-6-2)14-7-9-16(10-8-14)20(3)4/h7-10,12-13,17-18H,5-6,11H2,1-4H3. The number of benzene rings is 1. The first kappa shape index (κ1) is 15.6. The van der Waals surface area contributed by atoms with E-state index in [0.29, 0.717) is 0 Å². The fourth-order valence-corrected chi connectivity index (χ4v) is 2.48. The van der Waals surface area contributed by atoms with E-state index in [0.717, 1.165) is 19.5 Å². The van der Waals surface area contributed by atoms with E-state index >= 15 is 0 Å². The minimum absolute atomic E-state index is 0.205. The first-order valence-corrected chi connectivity index (χ1v) is 7.68. The second kappa shape index (κ2) is 7.27. The summed E-state index contributed by atoms with van der Waals surface area (Å²) < 4.78 is 2.02. The Hall–Kier alpha value is -1.81. The highest BCUT2D eigenvalue weighted by molar-refractivity contribution is 5.47. The number of nitrogens with zero attached hydrogens (tertiary/aromatic N) is 3. The molecule has 2 aromatic rings. The Balaban J connectivity index is 2.24. The first-order chi connectivity index (χ1) is 10.2. The van der Waals surface area contributed by atoms with Crippen LogP contribution in [-0.2, 0) is 6.54 Å². The Labute approximate surface area is 127 Å². The van der Waals surface area contributed by atoms with Crippen LogP contribution in [0.25, 0.3) is 0 Å².